The van der Waals surface area contributed by atoms with E-state index in [9.17, 15) is 26.7 Å². The fourth-order valence-corrected chi connectivity index (χ4v) is 3.23. The molecule has 0 saturated heterocycles. The third-order valence-corrected chi connectivity index (χ3v) is 4.79. The number of fused-ring (bicyclic) bond motifs is 1. The fraction of sp³-hybridized carbons (Fsp3) is 0.400. The van der Waals surface area contributed by atoms with Crippen molar-refractivity contribution in [2.24, 2.45) is 0 Å². The molecule has 1 aliphatic rings. The highest BCUT2D eigenvalue weighted by Gasteiger charge is 2.53. The van der Waals surface area contributed by atoms with Crippen LogP contribution in [0.1, 0.15) is 17.5 Å². The molecule has 1 aromatic rings. The molecule has 0 bridgehead atoms. The molecule has 0 saturated carbocycles. The van der Waals surface area contributed by atoms with Crippen molar-refractivity contribution in [3.8, 4) is 0 Å². The van der Waals surface area contributed by atoms with Gasteiger partial charge in [-0.05, 0) is 24.5 Å². The van der Waals surface area contributed by atoms with Crippen LogP contribution in [0.2, 0.25) is 0 Å². The lowest BCUT2D eigenvalue weighted by Gasteiger charge is -2.23. The Morgan fingerprint density at radius 3 is 2.59 bits per heavy atom. The molecule has 0 spiro atoms. The van der Waals surface area contributed by atoms with Crippen LogP contribution in [0.15, 0.2) is 18.2 Å². The fourth-order valence-electron chi connectivity index (χ4n) is 2.05. The van der Waals surface area contributed by atoms with Crippen molar-refractivity contribution in [3.05, 3.63) is 35.1 Å². The monoisotopic (exact) mass is 266 g/mol. The summed E-state index contributed by atoms with van der Waals surface area (Å²) >= 11 is 0. The number of halogens is 3. The second-order valence-electron chi connectivity index (χ2n) is 3.86. The minimum atomic E-state index is -5.05. The zero-order valence-corrected chi connectivity index (χ0v) is 9.35. The first-order chi connectivity index (χ1) is 7.80. The second kappa shape index (κ2) is 3.71. The van der Waals surface area contributed by atoms with Gasteiger partial charge in [-0.1, -0.05) is 12.1 Å². The summed E-state index contributed by atoms with van der Waals surface area (Å²) in [4.78, 5) is -2.68. The molecule has 1 unspecified atom stereocenters. The van der Waals surface area contributed by atoms with E-state index in [0.29, 0.717) is 0 Å². The highest BCUT2D eigenvalue weighted by Crippen LogP contribution is 2.43. The predicted molar refractivity (Wildman–Crippen MR) is 53.5 cm³/mol. The maximum Gasteiger partial charge on any atom is 0.340 e. The molecule has 7 heteroatoms. The number of alkyl halides is 2. The number of sulfone groups is 1. The minimum absolute atomic E-state index is 0.0146. The Kier molecular flexibility index (Phi) is 2.70. The summed E-state index contributed by atoms with van der Waals surface area (Å²) in [5.41, 5.74) is -0.294. The lowest BCUT2D eigenvalue weighted by Crippen LogP contribution is -2.37. The van der Waals surface area contributed by atoms with E-state index in [2.05, 4.69) is 0 Å². The van der Waals surface area contributed by atoms with E-state index in [4.69, 9.17) is 0 Å². The lowest BCUT2D eigenvalue weighted by atomic mass is 10.1. The van der Waals surface area contributed by atoms with Crippen molar-refractivity contribution in [2.45, 2.75) is 23.5 Å². The van der Waals surface area contributed by atoms with Crippen LogP contribution in [0.5, 0.6) is 0 Å². The summed E-state index contributed by atoms with van der Waals surface area (Å²) in [6.07, 6.45) is -0.527. The van der Waals surface area contributed by atoms with Gasteiger partial charge in [0.25, 0.3) is 0 Å². The molecule has 1 atom stereocenters. The van der Waals surface area contributed by atoms with Crippen LogP contribution in [0.3, 0.4) is 0 Å². The Morgan fingerprint density at radius 2 is 2.00 bits per heavy atom. The molecular formula is C10H9F3O3S. The first-order valence-corrected chi connectivity index (χ1v) is 6.37. The molecule has 1 aliphatic carbocycles. The van der Waals surface area contributed by atoms with Gasteiger partial charge in [0, 0.05) is 5.56 Å². The van der Waals surface area contributed by atoms with E-state index in [1.165, 1.54) is 6.07 Å². The number of benzene rings is 1. The van der Waals surface area contributed by atoms with Crippen LogP contribution < -0.4 is 0 Å². The van der Waals surface area contributed by atoms with E-state index < -0.39 is 32.8 Å². The highest BCUT2D eigenvalue weighted by atomic mass is 32.2. The molecule has 17 heavy (non-hydrogen) atoms. The molecule has 2 rings (SSSR count). The molecule has 1 aromatic carbocycles. The topological polar surface area (TPSA) is 54.4 Å². The van der Waals surface area contributed by atoms with Crippen LogP contribution >= 0.6 is 0 Å². The molecule has 94 valence electrons. The van der Waals surface area contributed by atoms with Crippen molar-refractivity contribution in [1.29, 1.82) is 0 Å². The van der Waals surface area contributed by atoms with Crippen LogP contribution in [0.4, 0.5) is 13.2 Å². The van der Waals surface area contributed by atoms with Crippen molar-refractivity contribution in [1.82, 2.24) is 0 Å². The first kappa shape index (κ1) is 12.4. The van der Waals surface area contributed by atoms with E-state index in [-0.39, 0.29) is 17.5 Å². The second-order valence-corrected chi connectivity index (χ2v) is 5.98. The number of aliphatic hydroxyl groups is 1. The number of hydrogen-bond donors (Lipinski definition) is 1. The average molecular weight is 266 g/mol. The molecule has 1 N–H and O–H groups in total. The maximum atomic E-state index is 13.3. The standard InChI is InChI=1S/C10H9F3O3S/c11-8-3-1-2-7-6(8)4-5-10(7,14)17(15,16)9(12)13/h1-3,9,14H,4-5H2. The predicted octanol–water partition coefficient (Wildman–Crippen LogP) is 1.55. The largest absolute Gasteiger partial charge is 0.371 e. The normalized spacial score (nSPS) is 24.1. The van der Waals surface area contributed by atoms with Crippen molar-refractivity contribution >= 4 is 9.84 Å². The van der Waals surface area contributed by atoms with E-state index in [1.54, 1.807) is 0 Å². The summed E-state index contributed by atoms with van der Waals surface area (Å²) in [5, 5.41) is 9.93. The van der Waals surface area contributed by atoms with Gasteiger partial charge >= 0.3 is 5.76 Å². The lowest BCUT2D eigenvalue weighted by molar-refractivity contribution is 0.111. The Hall–Kier alpha value is -1.08. The Labute approximate surface area is 95.8 Å². The molecule has 0 amide bonds. The van der Waals surface area contributed by atoms with Crippen LogP contribution in [0, 0.1) is 5.82 Å². The molecule has 0 fully saturated rings. The summed E-state index contributed by atoms with van der Waals surface area (Å²) in [7, 11) is -5.05. The zero-order valence-electron chi connectivity index (χ0n) is 8.53. The minimum Gasteiger partial charge on any atom is -0.371 e. The molecule has 0 heterocycles. The Balaban J connectivity index is 2.64. The third-order valence-electron chi connectivity index (χ3n) is 2.96. The van der Waals surface area contributed by atoms with Gasteiger partial charge in [-0.3, -0.25) is 0 Å². The molecule has 0 aliphatic heterocycles. The molecular weight excluding hydrogens is 257 g/mol. The number of hydrogen-bond acceptors (Lipinski definition) is 3. The maximum absolute atomic E-state index is 13.3. The van der Waals surface area contributed by atoms with Gasteiger partial charge in [0.15, 0.2) is 4.93 Å². The summed E-state index contributed by atoms with van der Waals surface area (Å²) in [5.74, 6) is -4.38. The molecule has 0 aromatic heterocycles. The first-order valence-electron chi connectivity index (χ1n) is 4.82. The highest BCUT2D eigenvalue weighted by molar-refractivity contribution is 7.92. The van der Waals surface area contributed by atoms with Crippen molar-refractivity contribution in [2.75, 3.05) is 0 Å². The van der Waals surface area contributed by atoms with Crippen LogP contribution in [0.25, 0.3) is 0 Å². The summed E-state index contributed by atoms with van der Waals surface area (Å²) in [6.45, 7) is 0. The number of rotatable bonds is 2. The van der Waals surface area contributed by atoms with Gasteiger partial charge in [-0.2, -0.15) is 8.78 Å². The Bertz CT molecular complexity index is 556. The average Bonchev–Trinajstić information content (AvgIpc) is 2.60. The van der Waals surface area contributed by atoms with E-state index in [0.717, 1.165) is 12.1 Å². The van der Waals surface area contributed by atoms with E-state index >= 15 is 0 Å². The summed E-state index contributed by atoms with van der Waals surface area (Å²) in [6, 6.07) is 3.44. The van der Waals surface area contributed by atoms with Crippen LogP contribution in [-0.2, 0) is 21.2 Å². The van der Waals surface area contributed by atoms with Gasteiger partial charge in [-0.25, -0.2) is 12.8 Å². The molecule has 0 radical (unpaired) electrons. The van der Waals surface area contributed by atoms with Crippen molar-refractivity contribution < 1.29 is 26.7 Å². The SMILES string of the molecule is O=S(=O)(C(F)F)C1(O)CCc2c(F)cccc21. The third kappa shape index (κ3) is 1.56. The Morgan fingerprint density at radius 1 is 1.35 bits per heavy atom. The van der Waals surface area contributed by atoms with Gasteiger partial charge in [0.1, 0.15) is 5.82 Å². The van der Waals surface area contributed by atoms with E-state index in [1.807, 2.05) is 0 Å². The zero-order chi connectivity index (χ0) is 12.8. The molecule has 3 nitrogen and oxygen atoms in total. The summed E-state index contributed by atoms with van der Waals surface area (Å²) < 4.78 is 61.1. The quantitative estimate of drug-likeness (QED) is 0.883. The van der Waals surface area contributed by atoms with Gasteiger partial charge in [0.2, 0.25) is 9.84 Å². The smallest absolute Gasteiger partial charge is 0.340 e. The van der Waals surface area contributed by atoms with Crippen molar-refractivity contribution in [3.63, 3.8) is 0 Å². The van der Waals surface area contributed by atoms with Gasteiger partial charge in [-0.15, -0.1) is 0 Å². The van der Waals surface area contributed by atoms with Gasteiger partial charge < -0.3 is 5.11 Å². The van der Waals surface area contributed by atoms with Gasteiger partial charge in [0.05, 0.1) is 0 Å². The van der Waals surface area contributed by atoms with Crippen LogP contribution in [-0.4, -0.2) is 19.3 Å².